The summed E-state index contributed by atoms with van der Waals surface area (Å²) in [7, 11) is -3.04. The van der Waals surface area contributed by atoms with Crippen LogP contribution >= 0.6 is 0 Å². The number of nitrogens with zero attached hydrogens (tertiary/aromatic N) is 1. The molecular formula is C17H22N2O4S. The van der Waals surface area contributed by atoms with Crippen molar-refractivity contribution in [3.8, 4) is 0 Å². The number of carbonyl (C=O) groups excluding carboxylic acids is 2. The molecule has 2 fully saturated rings. The van der Waals surface area contributed by atoms with Crippen LogP contribution in [0.5, 0.6) is 0 Å². The number of benzene rings is 1. The van der Waals surface area contributed by atoms with Crippen molar-refractivity contribution in [3.05, 3.63) is 29.8 Å². The predicted molar refractivity (Wildman–Crippen MR) is 91.6 cm³/mol. The standard InChI is InChI=1S/C17H22N2O4S/c1-17(8-10-24(22,23)12-17)18-15(20)11-13-4-6-14(7-5-13)19-9-2-3-16(19)21/h4-7H,2-3,8-12H2,1H3,(H,18,20). The van der Waals surface area contributed by atoms with Gasteiger partial charge in [0.1, 0.15) is 0 Å². The van der Waals surface area contributed by atoms with Crippen molar-refractivity contribution in [3.63, 3.8) is 0 Å². The summed E-state index contributed by atoms with van der Waals surface area (Å²) in [4.78, 5) is 25.7. The Hall–Kier alpha value is -1.89. The third kappa shape index (κ3) is 3.77. The molecule has 1 unspecified atom stereocenters. The first-order chi connectivity index (χ1) is 11.3. The lowest BCUT2D eigenvalue weighted by Crippen LogP contribution is -2.47. The van der Waals surface area contributed by atoms with Crippen molar-refractivity contribution >= 4 is 27.3 Å². The molecule has 0 radical (unpaired) electrons. The van der Waals surface area contributed by atoms with Gasteiger partial charge in [0, 0.05) is 18.7 Å². The maximum atomic E-state index is 12.2. The van der Waals surface area contributed by atoms with Gasteiger partial charge in [0.15, 0.2) is 9.84 Å². The van der Waals surface area contributed by atoms with Crippen molar-refractivity contribution in [1.29, 1.82) is 0 Å². The Kier molecular flexibility index (Phi) is 4.38. The molecule has 0 bridgehead atoms. The van der Waals surface area contributed by atoms with Crippen LogP contribution < -0.4 is 10.2 Å². The molecule has 6 nitrogen and oxygen atoms in total. The third-order valence-corrected chi connectivity index (χ3v) is 6.53. The lowest BCUT2D eigenvalue weighted by molar-refractivity contribution is -0.122. The highest BCUT2D eigenvalue weighted by Gasteiger charge is 2.39. The first-order valence-corrected chi connectivity index (χ1v) is 9.99. The van der Waals surface area contributed by atoms with Crippen LogP contribution in [0.3, 0.4) is 0 Å². The van der Waals surface area contributed by atoms with Crippen LogP contribution in [-0.4, -0.2) is 43.8 Å². The van der Waals surface area contributed by atoms with Crippen LogP contribution in [-0.2, 0) is 25.8 Å². The molecule has 1 aromatic rings. The molecule has 0 saturated carbocycles. The van der Waals surface area contributed by atoms with Gasteiger partial charge in [-0.3, -0.25) is 9.59 Å². The lowest BCUT2D eigenvalue weighted by Gasteiger charge is -2.24. The average molecular weight is 350 g/mol. The second kappa shape index (κ2) is 6.20. The summed E-state index contributed by atoms with van der Waals surface area (Å²) in [5.74, 6) is 0.0832. The molecule has 2 aliphatic heterocycles. The zero-order valence-electron chi connectivity index (χ0n) is 13.7. The monoisotopic (exact) mass is 350 g/mol. The lowest BCUT2D eigenvalue weighted by atomic mass is 10.0. The van der Waals surface area contributed by atoms with E-state index in [1.54, 1.807) is 11.8 Å². The largest absolute Gasteiger partial charge is 0.350 e. The molecule has 130 valence electrons. The van der Waals surface area contributed by atoms with Crippen LogP contribution in [0.25, 0.3) is 0 Å². The quantitative estimate of drug-likeness (QED) is 0.880. The van der Waals surface area contributed by atoms with Gasteiger partial charge in [-0.25, -0.2) is 8.42 Å². The summed E-state index contributed by atoms with van der Waals surface area (Å²) in [6, 6.07) is 7.39. The first kappa shape index (κ1) is 17.0. The number of rotatable bonds is 4. The molecule has 1 N–H and O–H groups in total. The highest BCUT2D eigenvalue weighted by molar-refractivity contribution is 7.91. The second-order valence-electron chi connectivity index (χ2n) is 6.94. The van der Waals surface area contributed by atoms with Crippen LogP contribution in [0.4, 0.5) is 5.69 Å². The van der Waals surface area contributed by atoms with Gasteiger partial charge in [0.05, 0.1) is 23.5 Å². The minimum Gasteiger partial charge on any atom is -0.350 e. The molecule has 2 aliphatic rings. The fourth-order valence-corrected chi connectivity index (χ4v) is 5.48. The molecule has 2 saturated heterocycles. The average Bonchev–Trinajstić information content (AvgIpc) is 3.02. The summed E-state index contributed by atoms with van der Waals surface area (Å²) in [5, 5.41) is 2.85. The SMILES string of the molecule is CC1(NC(=O)Cc2ccc(N3CCCC3=O)cc2)CCS(=O)(=O)C1. The molecule has 2 heterocycles. The molecular weight excluding hydrogens is 328 g/mol. The Morgan fingerprint density at radius 1 is 1.29 bits per heavy atom. The number of hydrogen-bond donors (Lipinski definition) is 1. The van der Waals surface area contributed by atoms with Gasteiger partial charge in [0.2, 0.25) is 11.8 Å². The topological polar surface area (TPSA) is 83.6 Å². The Balaban J connectivity index is 1.60. The van der Waals surface area contributed by atoms with E-state index in [4.69, 9.17) is 0 Å². The minimum atomic E-state index is -3.04. The Morgan fingerprint density at radius 3 is 2.54 bits per heavy atom. The molecule has 0 aromatic heterocycles. The molecule has 1 aromatic carbocycles. The summed E-state index contributed by atoms with van der Waals surface area (Å²) in [5.41, 5.74) is 1.03. The van der Waals surface area contributed by atoms with Gasteiger partial charge in [-0.2, -0.15) is 0 Å². The van der Waals surface area contributed by atoms with Crippen LogP contribution in [0, 0.1) is 0 Å². The Morgan fingerprint density at radius 2 is 2.00 bits per heavy atom. The number of sulfone groups is 1. The van der Waals surface area contributed by atoms with E-state index < -0.39 is 15.4 Å². The van der Waals surface area contributed by atoms with Gasteiger partial charge in [0.25, 0.3) is 0 Å². The van der Waals surface area contributed by atoms with E-state index in [-0.39, 0.29) is 29.7 Å². The van der Waals surface area contributed by atoms with E-state index in [0.717, 1.165) is 24.2 Å². The van der Waals surface area contributed by atoms with E-state index in [0.29, 0.717) is 12.8 Å². The zero-order chi connectivity index (χ0) is 17.4. The predicted octanol–water partition coefficient (Wildman–Crippen LogP) is 1.05. The molecule has 0 aliphatic carbocycles. The highest BCUT2D eigenvalue weighted by atomic mass is 32.2. The van der Waals surface area contributed by atoms with Crippen molar-refractivity contribution < 1.29 is 18.0 Å². The summed E-state index contributed by atoms with van der Waals surface area (Å²) < 4.78 is 23.2. The van der Waals surface area contributed by atoms with Gasteiger partial charge in [-0.05, 0) is 37.5 Å². The van der Waals surface area contributed by atoms with E-state index in [2.05, 4.69) is 5.32 Å². The molecule has 3 rings (SSSR count). The number of amides is 2. The van der Waals surface area contributed by atoms with Crippen LogP contribution in [0.1, 0.15) is 31.7 Å². The number of nitrogens with one attached hydrogen (secondary N) is 1. The molecule has 1 atom stereocenters. The normalized spacial score (nSPS) is 25.9. The van der Waals surface area contributed by atoms with E-state index in [1.165, 1.54) is 0 Å². The maximum Gasteiger partial charge on any atom is 0.227 e. The van der Waals surface area contributed by atoms with E-state index in [9.17, 15) is 18.0 Å². The highest BCUT2D eigenvalue weighted by Crippen LogP contribution is 2.24. The van der Waals surface area contributed by atoms with Crippen LogP contribution in [0.2, 0.25) is 0 Å². The van der Waals surface area contributed by atoms with Crippen molar-refractivity contribution in [1.82, 2.24) is 5.32 Å². The number of anilines is 1. The van der Waals surface area contributed by atoms with Gasteiger partial charge < -0.3 is 10.2 Å². The van der Waals surface area contributed by atoms with E-state index >= 15 is 0 Å². The van der Waals surface area contributed by atoms with E-state index in [1.807, 2.05) is 24.3 Å². The molecule has 7 heteroatoms. The van der Waals surface area contributed by atoms with Crippen molar-refractivity contribution in [2.75, 3.05) is 23.0 Å². The number of carbonyl (C=O) groups is 2. The summed E-state index contributed by atoms with van der Waals surface area (Å²) >= 11 is 0. The van der Waals surface area contributed by atoms with Gasteiger partial charge in [-0.1, -0.05) is 12.1 Å². The second-order valence-corrected chi connectivity index (χ2v) is 9.13. The first-order valence-electron chi connectivity index (χ1n) is 8.17. The minimum absolute atomic E-state index is 0.00174. The summed E-state index contributed by atoms with van der Waals surface area (Å²) in [6.07, 6.45) is 2.12. The van der Waals surface area contributed by atoms with Crippen molar-refractivity contribution in [2.45, 2.75) is 38.1 Å². The zero-order valence-corrected chi connectivity index (χ0v) is 14.6. The molecule has 24 heavy (non-hydrogen) atoms. The maximum absolute atomic E-state index is 12.2. The van der Waals surface area contributed by atoms with Gasteiger partial charge >= 0.3 is 0 Å². The van der Waals surface area contributed by atoms with Crippen molar-refractivity contribution in [2.24, 2.45) is 0 Å². The van der Waals surface area contributed by atoms with Gasteiger partial charge in [-0.15, -0.1) is 0 Å². The fourth-order valence-electron chi connectivity index (χ4n) is 3.39. The summed E-state index contributed by atoms with van der Waals surface area (Å²) in [6.45, 7) is 2.52. The molecule has 0 spiro atoms. The number of hydrogen-bond acceptors (Lipinski definition) is 4. The van der Waals surface area contributed by atoms with Crippen LogP contribution in [0.15, 0.2) is 24.3 Å². The Labute approximate surface area is 142 Å². The Bertz CT molecular complexity index is 757. The third-order valence-electron chi connectivity index (χ3n) is 4.63. The smallest absolute Gasteiger partial charge is 0.227 e. The fraction of sp³-hybridized carbons (Fsp3) is 0.529. The molecule has 2 amide bonds.